The van der Waals surface area contributed by atoms with Crippen molar-refractivity contribution >= 4 is 11.9 Å². The van der Waals surface area contributed by atoms with Crippen LogP contribution in [0.1, 0.15) is 26.5 Å². The molecule has 1 atom stereocenters. The molecule has 1 heterocycles. The van der Waals surface area contributed by atoms with Crippen molar-refractivity contribution < 1.29 is 4.79 Å². The first-order valence-corrected chi connectivity index (χ1v) is 5.83. The highest BCUT2D eigenvalue weighted by molar-refractivity contribution is 5.83. The van der Waals surface area contributed by atoms with Gasteiger partial charge in [0, 0.05) is 18.4 Å². The molecular weight excluding hydrogens is 216 g/mol. The van der Waals surface area contributed by atoms with Gasteiger partial charge in [0.25, 0.3) is 0 Å². The van der Waals surface area contributed by atoms with Crippen LogP contribution in [0.5, 0.6) is 0 Å². The Morgan fingerprint density at radius 2 is 2.12 bits per heavy atom. The Balaban J connectivity index is 2.48. The van der Waals surface area contributed by atoms with Crippen molar-refractivity contribution in [3.05, 3.63) is 18.0 Å². The molecule has 1 rings (SSSR count). The number of nitrogens with zero attached hydrogens (tertiary/aromatic N) is 2. The Morgan fingerprint density at radius 1 is 1.41 bits per heavy atom. The number of carbonyl (C=O) groups is 1. The smallest absolute Gasteiger partial charge is 0.242 e. The maximum Gasteiger partial charge on any atom is 0.242 e. The van der Waals surface area contributed by atoms with Gasteiger partial charge in [0.2, 0.25) is 11.9 Å². The van der Waals surface area contributed by atoms with Gasteiger partial charge in [0.15, 0.2) is 0 Å². The van der Waals surface area contributed by atoms with Gasteiger partial charge in [-0.1, -0.05) is 13.8 Å². The van der Waals surface area contributed by atoms with Gasteiger partial charge >= 0.3 is 0 Å². The Morgan fingerprint density at radius 3 is 2.71 bits per heavy atom. The van der Waals surface area contributed by atoms with Gasteiger partial charge in [-0.25, -0.2) is 9.97 Å². The molecule has 2 N–H and O–H groups in total. The summed E-state index contributed by atoms with van der Waals surface area (Å²) in [5, 5.41) is 5.83. The molecule has 0 aliphatic carbocycles. The standard InChI is InChI=1S/C12H20N4O/c1-8(2)7-14-11(17)10(4)16-12-13-6-5-9(3)15-12/h5-6,8,10H,7H2,1-4H3,(H,14,17)(H,13,15,16). The van der Waals surface area contributed by atoms with Gasteiger partial charge in [-0.2, -0.15) is 0 Å². The van der Waals surface area contributed by atoms with Crippen LogP contribution < -0.4 is 10.6 Å². The highest BCUT2D eigenvalue weighted by atomic mass is 16.2. The monoisotopic (exact) mass is 236 g/mol. The Hall–Kier alpha value is -1.65. The molecule has 0 radical (unpaired) electrons. The number of anilines is 1. The number of amides is 1. The molecule has 5 nitrogen and oxygen atoms in total. The Labute approximate surface area is 102 Å². The topological polar surface area (TPSA) is 66.9 Å². The van der Waals surface area contributed by atoms with E-state index in [1.807, 2.05) is 13.0 Å². The second kappa shape index (κ2) is 6.18. The summed E-state index contributed by atoms with van der Waals surface area (Å²) in [4.78, 5) is 20.0. The van der Waals surface area contributed by atoms with Crippen molar-refractivity contribution in [2.24, 2.45) is 5.92 Å². The summed E-state index contributed by atoms with van der Waals surface area (Å²) < 4.78 is 0. The molecule has 1 unspecified atom stereocenters. The predicted octanol–water partition coefficient (Wildman–Crippen LogP) is 1.36. The van der Waals surface area contributed by atoms with E-state index >= 15 is 0 Å². The quantitative estimate of drug-likeness (QED) is 0.810. The van der Waals surface area contributed by atoms with E-state index in [2.05, 4.69) is 34.4 Å². The SMILES string of the molecule is Cc1ccnc(NC(C)C(=O)NCC(C)C)n1. The van der Waals surface area contributed by atoms with E-state index in [1.165, 1.54) is 0 Å². The van der Waals surface area contributed by atoms with E-state index in [9.17, 15) is 4.79 Å². The molecule has 0 bridgehead atoms. The number of aryl methyl sites for hydroxylation is 1. The normalized spacial score (nSPS) is 12.3. The third-order valence-corrected chi connectivity index (χ3v) is 2.22. The largest absolute Gasteiger partial charge is 0.354 e. The van der Waals surface area contributed by atoms with Gasteiger partial charge in [0.05, 0.1) is 0 Å². The van der Waals surface area contributed by atoms with E-state index < -0.39 is 0 Å². The van der Waals surface area contributed by atoms with Crippen molar-refractivity contribution in [1.29, 1.82) is 0 Å². The highest BCUT2D eigenvalue weighted by Crippen LogP contribution is 2.01. The van der Waals surface area contributed by atoms with Crippen molar-refractivity contribution in [2.45, 2.75) is 33.7 Å². The molecule has 1 aromatic rings. The summed E-state index contributed by atoms with van der Waals surface area (Å²) in [6.45, 7) is 8.47. The lowest BCUT2D eigenvalue weighted by molar-refractivity contribution is -0.121. The lowest BCUT2D eigenvalue weighted by Crippen LogP contribution is -2.39. The Kier molecular flexibility index (Phi) is 4.87. The molecule has 5 heteroatoms. The second-order valence-corrected chi connectivity index (χ2v) is 4.53. The number of hydrogen-bond acceptors (Lipinski definition) is 4. The first-order chi connectivity index (χ1) is 7.99. The van der Waals surface area contributed by atoms with Gasteiger partial charge < -0.3 is 10.6 Å². The van der Waals surface area contributed by atoms with Crippen LogP contribution in [0.3, 0.4) is 0 Å². The fourth-order valence-corrected chi connectivity index (χ4v) is 1.24. The average molecular weight is 236 g/mol. The van der Waals surface area contributed by atoms with E-state index in [1.54, 1.807) is 13.1 Å². The van der Waals surface area contributed by atoms with Crippen LogP contribution in [0, 0.1) is 12.8 Å². The molecule has 0 aliphatic heterocycles. The van der Waals surface area contributed by atoms with Gasteiger partial charge in [0.1, 0.15) is 6.04 Å². The van der Waals surface area contributed by atoms with Crippen LogP contribution >= 0.6 is 0 Å². The molecule has 0 aliphatic rings. The second-order valence-electron chi connectivity index (χ2n) is 4.53. The van der Waals surface area contributed by atoms with Crippen LogP contribution in [0.15, 0.2) is 12.3 Å². The summed E-state index contributed by atoms with van der Waals surface area (Å²) in [5.41, 5.74) is 0.872. The summed E-state index contributed by atoms with van der Waals surface area (Å²) in [7, 11) is 0. The lowest BCUT2D eigenvalue weighted by Gasteiger charge is -2.15. The van der Waals surface area contributed by atoms with Gasteiger partial charge in [-0.15, -0.1) is 0 Å². The fourth-order valence-electron chi connectivity index (χ4n) is 1.24. The fraction of sp³-hybridized carbons (Fsp3) is 0.583. The van der Waals surface area contributed by atoms with Crippen molar-refractivity contribution in [2.75, 3.05) is 11.9 Å². The average Bonchev–Trinajstić information content (AvgIpc) is 2.25. The highest BCUT2D eigenvalue weighted by Gasteiger charge is 2.13. The van der Waals surface area contributed by atoms with E-state index in [0.29, 0.717) is 18.4 Å². The summed E-state index contributed by atoms with van der Waals surface area (Å²) in [6.07, 6.45) is 1.67. The maximum absolute atomic E-state index is 11.7. The van der Waals surface area contributed by atoms with Gasteiger partial charge in [-0.05, 0) is 25.8 Å². The molecule has 1 amide bonds. The zero-order chi connectivity index (χ0) is 12.8. The first-order valence-electron chi connectivity index (χ1n) is 5.83. The summed E-state index contributed by atoms with van der Waals surface area (Å²) in [6, 6.07) is 1.48. The van der Waals surface area contributed by atoms with Crippen LogP contribution in [0.4, 0.5) is 5.95 Å². The van der Waals surface area contributed by atoms with E-state index in [-0.39, 0.29) is 11.9 Å². The minimum Gasteiger partial charge on any atom is -0.354 e. The van der Waals surface area contributed by atoms with Crippen LogP contribution in [-0.2, 0) is 4.79 Å². The lowest BCUT2D eigenvalue weighted by atomic mass is 10.2. The zero-order valence-corrected chi connectivity index (χ0v) is 10.8. The maximum atomic E-state index is 11.7. The molecule has 94 valence electrons. The molecule has 0 saturated heterocycles. The molecule has 1 aromatic heterocycles. The molecule has 17 heavy (non-hydrogen) atoms. The number of aromatic nitrogens is 2. The summed E-state index contributed by atoms with van der Waals surface area (Å²) in [5.74, 6) is 0.891. The molecular formula is C12H20N4O. The molecule has 0 saturated carbocycles. The first kappa shape index (κ1) is 13.4. The van der Waals surface area contributed by atoms with Crippen LogP contribution in [0.2, 0.25) is 0 Å². The number of rotatable bonds is 5. The van der Waals surface area contributed by atoms with Crippen molar-refractivity contribution in [3.8, 4) is 0 Å². The van der Waals surface area contributed by atoms with Crippen molar-refractivity contribution in [1.82, 2.24) is 15.3 Å². The predicted molar refractivity (Wildman–Crippen MR) is 67.7 cm³/mol. The molecule has 0 fully saturated rings. The third-order valence-electron chi connectivity index (χ3n) is 2.22. The molecule has 0 aromatic carbocycles. The minimum absolute atomic E-state index is 0.0381. The van der Waals surface area contributed by atoms with Crippen LogP contribution in [0.25, 0.3) is 0 Å². The Bertz CT molecular complexity index is 379. The number of hydrogen-bond donors (Lipinski definition) is 2. The number of nitrogens with one attached hydrogen (secondary N) is 2. The van der Waals surface area contributed by atoms with E-state index in [0.717, 1.165) is 5.69 Å². The number of carbonyl (C=O) groups excluding carboxylic acids is 1. The van der Waals surface area contributed by atoms with Gasteiger partial charge in [-0.3, -0.25) is 4.79 Å². The van der Waals surface area contributed by atoms with Crippen LogP contribution in [-0.4, -0.2) is 28.5 Å². The summed E-state index contributed by atoms with van der Waals surface area (Å²) >= 11 is 0. The minimum atomic E-state index is -0.337. The zero-order valence-electron chi connectivity index (χ0n) is 10.8. The van der Waals surface area contributed by atoms with Crippen molar-refractivity contribution in [3.63, 3.8) is 0 Å². The third kappa shape index (κ3) is 4.80. The molecule has 0 spiro atoms. The van der Waals surface area contributed by atoms with E-state index in [4.69, 9.17) is 0 Å².